The van der Waals surface area contributed by atoms with E-state index in [9.17, 15) is 4.39 Å². The van der Waals surface area contributed by atoms with Crippen LogP contribution in [0.4, 0.5) is 4.39 Å². The average molecular weight is 225 g/mol. The fourth-order valence-corrected chi connectivity index (χ4v) is 3.30. The van der Waals surface area contributed by atoms with Gasteiger partial charge in [0.2, 0.25) is 0 Å². The van der Waals surface area contributed by atoms with Gasteiger partial charge in [0.05, 0.1) is 0 Å². The number of halogens is 1. The lowest BCUT2D eigenvalue weighted by Gasteiger charge is -2.40. The molecule has 0 aliphatic heterocycles. The van der Waals surface area contributed by atoms with Crippen LogP contribution >= 0.6 is 11.8 Å². The standard InChI is InChI=1S/C12H16FNS/c1-9-7-10(3-4-11(9)13)15-12(8-14)5-2-6-12/h3-4,7H,2,5-6,8,14H2,1H3. The summed E-state index contributed by atoms with van der Waals surface area (Å²) in [5, 5.41) is 0. The SMILES string of the molecule is Cc1cc(SC2(CN)CCC2)ccc1F. The van der Waals surface area contributed by atoms with Crippen molar-refractivity contribution in [1.29, 1.82) is 0 Å². The van der Waals surface area contributed by atoms with Gasteiger partial charge in [-0.15, -0.1) is 11.8 Å². The van der Waals surface area contributed by atoms with Crippen molar-refractivity contribution in [3.63, 3.8) is 0 Å². The van der Waals surface area contributed by atoms with E-state index in [2.05, 4.69) is 0 Å². The van der Waals surface area contributed by atoms with Crippen molar-refractivity contribution in [1.82, 2.24) is 0 Å². The molecule has 82 valence electrons. The van der Waals surface area contributed by atoms with Crippen LogP contribution in [-0.4, -0.2) is 11.3 Å². The second-order valence-electron chi connectivity index (χ2n) is 4.25. The van der Waals surface area contributed by atoms with Gasteiger partial charge in [0, 0.05) is 16.2 Å². The number of hydrogen-bond acceptors (Lipinski definition) is 2. The number of nitrogens with two attached hydrogens (primary N) is 1. The lowest BCUT2D eigenvalue weighted by Crippen LogP contribution is -2.40. The summed E-state index contributed by atoms with van der Waals surface area (Å²) in [6, 6.07) is 5.30. The Kier molecular flexibility index (Phi) is 3.03. The Hall–Kier alpha value is -0.540. The van der Waals surface area contributed by atoms with E-state index in [0.717, 1.165) is 4.90 Å². The van der Waals surface area contributed by atoms with Gasteiger partial charge in [-0.1, -0.05) is 6.42 Å². The van der Waals surface area contributed by atoms with Gasteiger partial charge in [-0.05, 0) is 43.5 Å². The van der Waals surface area contributed by atoms with Gasteiger partial charge in [-0.2, -0.15) is 0 Å². The summed E-state index contributed by atoms with van der Waals surface area (Å²) < 4.78 is 13.3. The molecule has 0 heterocycles. The van der Waals surface area contributed by atoms with Crippen molar-refractivity contribution in [2.75, 3.05) is 6.54 Å². The summed E-state index contributed by atoms with van der Waals surface area (Å²) in [4.78, 5) is 1.14. The Morgan fingerprint density at radius 1 is 1.47 bits per heavy atom. The van der Waals surface area contributed by atoms with Crippen LogP contribution in [0.3, 0.4) is 0 Å². The molecular formula is C12H16FNS. The minimum Gasteiger partial charge on any atom is -0.329 e. The number of rotatable bonds is 3. The molecule has 0 bridgehead atoms. The minimum atomic E-state index is -0.130. The van der Waals surface area contributed by atoms with Crippen molar-refractivity contribution in [2.24, 2.45) is 5.73 Å². The Labute approximate surface area is 94.2 Å². The van der Waals surface area contributed by atoms with Crippen LogP contribution in [0.2, 0.25) is 0 Å². The minimum absolute atomic E-state index is 0.130. The second-order valence-corrected chi connectivity index (χ2v) is 5.80. The highest BCUT2D eigenvalue weighted by molar-refractivity contribution is 8.00. The topological polar surface area (TPSA) is 26.0 Å². The van der Waals surface area contributed by atoms with E-state index in [1.165, 1.54) is 19.3 Å². The van der Waals surface area contributed by atoms with Crippen molar-refractivity contribution in [3.05, 3.63) is 29.6 Å². The highest BCUT2D eigenvalue weighted by Gasteiger charge is 2.36. The maximum atomic E-state index is 13.1. The number of aryl methyl sites for hydroxylation is 1. The van der Waals surface area contributed by atoms with Gasteiger partial charge in [-0.3, -0.25) is 0 Å². The monoisotopic (exact) mass is 225 g/mol. The van der Waals surface area contributed by atoms with Crippen molar-refractivity contribution < 1.29 is 4.39 Å². The predicted octanol–water partition coefficient (Wildman–Crippen LogP) is 3.11. The molecule has 1 nitrogen and oxygen atoms in total. The molecule has 1 saturated carbocycles. The Morgan fingerprint density at radius 3 is 2.67 bits per heavy atom. The molecule has 1 aromatic carbocycles. The van der Waals surface area contributed by atoms with Crippen molar-refractivity contribution >= 4 is 11.8 Å². The highest BCUT2D eigenvalue weighted by atomic mass is 32.2. The first kappa shape index (κ1) is 11.0. The number of hydrogen-bond donors (Lipinski definition) is 1. The van der Waals surface area contributed by atoms with Gasteiger partial charge in [0.25, 0.3) is 0 Å². The normalized spacial score (nSPS) is 18.6. The van der Waals surface area contributed by atoms with Crippen LogP contribution in [0, 0.1) is 12.7 Å². The van der Waals surface area contributed by atoms with E-state index in [1.54, 1.807) is 13.0 Å². The average Bonchev–Trinajstić information content (AvgIpc) is 2.17. The summed E-state index contributed by atoms with van der Waals surface area (Å²) in [6.45, 7) is 2.52. The lowest BCUT2D eigenvalue weighted by molar-refractivity contribution is 0.371. The first-order valence-corrected chi connectivity index (χ1v) is 6.12. The smallest absolute Gasteiger partial charge is 0.126 e. The molecule has 2 N–H and O–H groups in total. The molecule has 15 heavy (non-hydrogen) atoms. The highest BCUT2D eigenvalue weighted by Crippen LogP contribution is 2.46. The number of thioether (sulfide) groups is 1. The molecule has 1 aliphatic carbocycles. The summed E-state index contributed by atoms with van der Waals surface area (Å²) in [5.74, 6) is -0.130. The molecule has 0 spiro atoms. The molecule has 1 aliphatic rings. The summed E-state index contributed by atoms with van der Waals surface area (Å²) in [7, 11) is 0. The molecular weight excluding hydrogens is 209 g/mol. The lowest BCUT2D eigenvalue weighted by atomic mass is 9.84. The molecule has 0 saturated heterocycles. The van der Waals surface area contributed by atoms with Gasteiger partial charge in [-0.25, -0.2) is 4.39 Å². The summed E-state index contributed by atoms with van der Waals surface area (Å²) >= 11 is 1.81. The molecule has 3 heteroatoms. The van der Waals surface area contributed by atoms with E-state index in [0.29, 0.717) is 12.1 Å². The molecule has 0 radical (unpaired) electrons. The molecule has 1 aromatic rings. The largest absolute Gasteiger partial charge is 0.329 e. The zero-order valence-electron chi connectivity index (χ0n) is 8.92. The van der Waals surface area contributed by atoms with Gasteiger partial charge in [0.1, 0.15) is 5.82 Å². The Morgan fingerprint density at radius 2 is 2.20 bits per heavy atom. The van der Waals surface area contributed by atoms with Gasteiger partial charge >= 0.3 is 0 Å². The van der Waals surface area contributed by atoms with E-state index < -0.39 is 0 Å². The van der Waals surface area contributed by atoms with Crippen molar-refractivity contribution in [2.45, 2.75) is 35.8 Å². The van der Waals surface area contributed by atoms with E-state index in [4.69, 9.17) is 5.73 Å². The zero-order valence-corrected chi connectivity index (χ0v) is 9.74. The van der Waals surface area contributed by atoms with E-state index in [1.807, 2.05) is 23.9 Å². The fourth-order valence-electron chi connectivity index (χ4n) is 1.85. The van der Waals surface area contributed by atoms with Crippen LogP contribution in [0.1, 0.15) is 24.8 Å². The third-order valence-corrected chi connectivity index (χ3v) is 4.60. The van der Waals surface area contributed by atoms with Crippen LogP contribution < -0.4 is 5.73 Å². The predicted molar refractivity (Wildman–Crippen MR) is 62.6 cm³/mol. The fraction of sp³-hybridized carbons (Fsp3) is 0.500. The van der Waals surface area contributed by atoms with Crippen LogP contribution in [0.5, 0.6) is 0 Å². The maximum absolute atomic E-state index is 13.1. The Balaban J connectivity index is 2.13. The molecule has 0 atom stereocenters. The molecule has 0 amide bonds. The first-order chi connectivity index (χ1) is 7.15. The van der Waals surface area contributed by atoms with Crippen molar-refractivity contribution in [3.8, 4) is 0 Å². The third-order valence-electron chi connectivity index (χ3n) is 3.10. The van der Waals surface area contributed by atoms with E-state index in [-0.39, 0.29) is 10.6 Å². The molecule has 1 fully saturated rings. The van der Waals surface area contributed by atoms with Gasteiger partial charge in [0.15, 0.2) is 0 Å². The summed E-state index contributed by atoms with van der Waals surface area (Å²) in [5.41, 5.74) is 6.50. The molecule has 0 unspecified atom stereocenters. The molecule has 2 rings (SSSR count). The van der Waals surface area contributed by atoms with Crippen LogP contribution in [-0.2, 0) is 0 Å². The third kappa shape index (κ3) is 2.18. The van der Waals surface area contributed by atoms with Crippen LogP contribution in [0.25, 0.3) is 0 Å². The summed E-state index contributed by atoms with van der Waals surface area (Å²) in [6.07, 6.45) is 3.64. The maximum Gasteiger partial charge on any atom is 0.126 e. The van der Waals surface area contributed by atoms with Gasteiger partial charge < -0.3 is 5.73 Å². The second kappa shape index (κ2) is 4.14. The molecule has 0 aromatic heterocycles. The Bertz CT molecular complexity index is 355. The zero-order chi connectivity index (χ0) is 10.9. The van der Waals surface area contributed by atoms with Crippen LogP contribution in [0.15, 0.2) is 23.1 Å². The number of benzene rings is 1. The first-order valence-electron chi connectivity index (χ1n) is 5.30. The van der Waals surface area contributed by atoms with E-state index >= 15 is 0 Å². The quantitative estimate of drug-likeness (QED) is 0.855.